The van der Waals surface area contributed by atoms with Gasteiger partial charge in [0, 0.05) is 18.4 Å². The Morgan fingerprint density at radius 3 is 1.98 bits per heavy atom. The number of unbranched alkanes of at least 4 members (excludes halogenated alkanes) is 3. The van der Waals surface area contributed by atoms with E-state index >= 15 is 0 Å². The number of benzene rings is 2. The number of hydrogen-bond acceptors (Lipinski definition) is 12. The van der Waals surface area contributed by atoms with Crippen molar-refractivity contribution in [1.82, 2.24) is 26.6 Å². The van der Waals surface area contributed by atoms with Gasteiger partial charge in [-0.05, 0) is 125 Å². The van der Waals surface area contributed by atoms with Crippen molar-refractivity contribution in [3.8, 4) is 28.7 Å². The topological polar surface area (TPSA) is 187 Å². The smallest absolute Gasteiger partial charge is 0.315 e. The third kappa shape index (κ3) is 9.88. The molecule has 5 rings (SSSR count). The minimum Gasteiger partial charge on any atom is -0.502 e. The fourth-order valence-corrected chi connectivity index (χ4v) is 7.23. The molecule has 3 aliphatic rings. The lowest BCUT2D eigenvalue weighted by Gasteiger charge is -2.39. The van der Waals surface area contributed by atoms with E-state index in [1.54, 1.807) is 12.1 Å². The van der Waals surface area contributed by atoms with E-state index in [-0.39, 0.29) is 48.6 Å². The Morgan fingerprint density at radius 2 is 1.35 bits per heavy atom. The van der Waals surface area contributed by atoms with Crippen LogP contribution in [0.15, 0.2) is 24.3 Å². The van der Waals surface area contributed by atoms with Gasteiger partial charge in [0.25, 0.3) is 0 Å². The molecule has 4 atom stereocenters. The zero-order chi connectivity index (χ0) is 36.0. The first kappa shape index (κ1) is 38.3. The zero-order valence-corrected chi connectivity index (χ0v) is 30.0. The highest BCUT2D eigenvalue weighted by Crippen LogP contribution is 2.55. The van der Waals surface area contributed by atoms with Crippen LogP contribution in [-0.4, -0.2) is 97.1 Å². The van der Waals surface area contributed by atoms with E-state index in [0.717, 1.165) is 89.0 Å². The second-order valence-corrected chi connectivity index (χ2v) is 13.3. The molecule has 14 nitrogen and oxygen atoms in total. The number of rotatable bonds is 22. The molecule has 1 saturated heterocycles. The highest BCUT2D eigenvalue weighted by Gasteiger charge is 2.53. The van der Waals surface area contributed by atoms with E-state index in [2.05, 4.69) is 26.6 Å². The first-order valence-corrected chi connectivity index (χ1v) is 18.4. The van der Waals surface area contributed by atoms with E-state index < -0.39 is 17.9 Å². The lowest BCUT2D eigenvalue weighted by Crippen LogP contribution is -2.46. The van der Waals surface area contributed by atoms with Gasteiger partial charge in [-0.25, -0.2) is 4.79 Å². The molecule has 2 aliphatic heterocycles. The van der Waals surface area contributed by atoms with Gasteiger partial charge in [-0.3, -0.25) is 4.79 Å². The number of fused-ring (bicyclic) bond motifs is 3. The van der Waals surface area contributed by atoms with Crippen molar-refractivity contribution in [2.24, 2.45) is 17.6 Å². The predicted molar refractivity (Wildman–Crippen MR) is 193 cm³/mol. The number of nitrogens with one attached hydrogen (secondary N) is 5. The Hall–Kier alpha value is -3.98. The molecule has 1 fully saturated rings. The number of carbonyl (C=O) groups is 2. The molecule has 282 valence electrons. The number of urea groups is 1. The van der Waals surface area contributed by atoms with E-state index in [1.807, 2.05) is 12.1 Å². The van der Waals surface area contributed by atoms with E-state index in [1.165, 1.54) is 27.1 Å². The second-order valence-electron chi connectivity index (χ2n) is 13.3. The van der Waals surface area contributed by atoms with Crippen LogP contribution in [0.1, 0.15) is 73.6 Å². The SMILES string of the molecule is COc1cc([C@@H]2c3cc4c(cc3C(NC(=O)NCCCCCNCCCNCCCCNCCCN)C3COC(=O)[C@@H]32)OCO4)cc(OC)c1O. The summed E-state index contributed by atoms with van der Waals surface area (Å²) >= 11 is 0. The molecule has 14 heteroatoms. The number of nitrogens with two attached hydrogens (primary N) is 1. The average Bonchev–Trinajstić information content (AvgIpc) is 3.76. The molecule has 1 aliphatic carbocycles. The second kappa shape index (κ2) is 19.6. The number of hydrogen-bond donors (Lipinski definition) is 7. The van der Waals surface area contributed by atoms with Crippen LogP contribution in [0.4, 0.5) is 4.79 Å². The number of carbonyl (C=O) groups excluding carboxylic acids is 2. The quantitative estimate of drug-likeness (QED) is 0.0701. The van der Waals surface area contributed by atoms with Crippen LogP contribution in [0.25, 0.3) is 0 Å². The lowest BCUT2D eigenvalue weighted by atomic mass is 9.65. The predicted octanol–water partition coefficient (Wildman–Crippen LogP) is 2.87. The molecule has 2 heterocycles. The maximum atomic E-state index is 13.4. The van der Waals surface area contributed by atoms with Gasteiger partial charge in [0.1, 0.15) is 0 Å². The number of ether oxygens (including phenoxy) is 5. The van der Waals surface area contributed by atoms with Crippen LogP contribution >= 0.6 is 0 Å². The summed E-state index contributed by atoms with van der Waals surface area (Å²) in [7, 11) is 2.92. The summed E-state index contributed by atoms with van der Waals surface area (Å²) in [5, 5.41) is 27.2. The van der Waals surface area contributed by atoms with Crippen molar-refractivity contribution >= 4 is 12.0 Å². The third-order valence-corrected chi connectivity index (χ3v) is 9.87. The minimum absolute atomic E-state index is 0.0823. The number of cyclic esters (lactones) is 1. The van der Waals surface area contributed by atoms with Gasteiger partial charge in [-0.2, -0.15) is 0 Å². The number of phenolic OH excluding ortho intramolecular Hbond substituents is 1. The van der Waals surface area contributed by atoms with Crippen LogP contribution in [0, 0.1) is 11.8 Å². The van der Waals surface area contributed by atoms with Crippen molar-refractivity contribution in [3.63, 3.8) is 0 Å². The molecule has 0 radical (unpaired) electrons. The average molecular weight is 713 g/mol. The molecule has 2 amide bonds. The molecular formula is C37H56N6O8. The number of phenols is 1. The van der Waals surface area contributed by atoms with Crippen molar-refractivity contribution in [3.05, 3.63) is 41.0 Å². The van der Waals surface area contributed by atoms with Gasteiger partial charge < -0.3 is 61.1 Å². The molecule has 0 bridgehead atoms. The fourth-order valence-electron chi connectivity index (χ4n) is 7.23. The Kier molecular flexibility index (Phi) is 14.7. The van der Waals surface area contributed by atoms with Gasteiger partial charge in [0.2, 0.25) is 12.5 Å². The first-order chi connectivity index (χ1) is 25.0. The molecule has 0 saturated carbocycles. The summed E-state index contributed by atoms with van der Waals surface area (Å²) in [6, 6.07) is 6.37. The van der Waals surface area contributed by atoms with Crippen LogP contribution in [-0.2, 0) is 9.53 Å². The third-order valence-electron chi connectivity index (χ3n) is 9.87. The molecule has 2 aromatic carbocycles. The molecular weight excluding hydrogens is 656 g/mol. The van der Waals surface area contributed by atoms with Gasteiger partial charge in [0.05, 0.1) is 32.8 Å². The monoisotopic (exact) mass is 712 g/mol. The number of aromatic hydroxyl groups is 1. The van der Waals surface area contributed by atoms with Gasteiger partial charge in [0.15, 0.2) is 23.0 Å². The van der Waals surface area contributed by atoms with Crippen molar-refractivity contribution in [1.29, 1.82) is 0 Å². The first-order valence-electron chi connectivity index (χ1n) is 18.4. The Bertz CT molecular complexity index is 1420. The molecule has 0 aromatic heterocycles. The lowest BCUT2D eigenvalue weighted by molar-refractivity contribution is -0.141. The van der Waals surface area contributed by atoms with Gasteiger partial charge in [-0.1, -0.05) is 6.42 Å². The van der Waals surface area contributed by atoms with Crippen LogP contribution in [0.2, 0.25) is 0 Å². The largest absolute Gasteiger partial charge is 0.502 e. The Morgan fingerprint density at radius 1 is 0.784 bits per heavy atom. The normalized spacial score (nSPS) is 20.0. The van der Waals surface area contributed by atoms with Crippen molar-refractivity contribution in [2.45, 2.75) is 56.9 Å². The van der Waals surface area contributed by atoms with Crippen LogP contribution < -0.4 is 51.3 Å². The minimum atomic E-state index is -0.607. The highest BCUT2D eigenvalue weighted by molar-refractivity contribution is 5.80. The van der Waals surface area contributed by atoms with E-state index in [4.69, 9.17) is 29.4 Å². The molecule has 2 unspecified atom stereocenters. The molecule has 2 aromatic rings. The molecule has 0 spiro atoms. The summed E-state index contributed by atoms with van der Waals surface area (Å²) in [6.45, 7) is 7.59. The van der Waals surface area contributed by atoms with Crippen molar-refractivity contribution in [2.75, 3.05) is 80.0 Å². The summed E-state index contributed by atoms with van der Waals surface area (Å²) in [5.41, 5.74) is 7.82. The van der Waals surface area contributed by atoms with Crippen molar-refractivity contribution < 1.29 is 38.4 Å². The molecule has 51 heavy (non-hydrogen) atoms. The maximum Gasteiger partial charge on any atom is 0.315 e. The molecule has 8 N–H and O–H groups in total. The summed E-state index contributed by atoms with van der Waals surface area (Å²) < 4.78 is 27.9. The van der Waals surface area contributed by atoms with E-state index in [9.17, 15) is 14.7 Å². The van der Waals surface area contributed by atoms with Gasteiger partial charge in [-0.15, -0.1) is 0 Å². The zero-order valence-electron chi connectivity index (χ0n) is 30.0. The van der Waals surface area contributed by atoms with Gasteiger partial charge >= 0.3 is 12.0 Å². The Labute approximate surface area is 300 Å². The highest BCUT2D eigenvalue weighted by atomic mass is 16.7. The number of amides is 2. The summed E-state index contributed by atoms with van der Waals surface area (Å²) in [5.74, 6) is -0.326. The van der Waals surface area contributed by atoms with Crippen LogP contribution in [0.3, 0.4) is 0 Å². The maximum absolute atomic E-state index is 13.4. The number of methoxy groups -OCH3 is 2. The summed E-state index contributed by atoms with van der Waals surface area (Å²) in [4.78, 5) is 26.6. The fraction of sp³-hybridized carbons (Fsp3) is 0.622. The summed E-state index contributed by atoms with van der Waals surface area (Å²) in [6.07, 6.45) is 7.38. The standard InChI is InChI=1S/C37H56N6O8/c1-47-30-18-24(19-31(48-2)35(30)44)32-25-20-28-29(51-23-50-28)21-26(25)34(27-22-49-36(45)33(27)32)43-37(46)42-17-5-3-4-11-40-15-9-16-41-13-7-6-12-39-14-8-10-38/h18-21,27,32-34,39-41,44H,3-17,22-23,38H2,1-2H3,(H2,42,43,46)/t27?,32-,33+,34?/m1/s1. The van der Waals surface area contributed by atoms with E-state index in [0.29, 0.717) is 23.6 Å². The Balaban J connectivity index is 1.09. The number of esters is 1. The van der Waals surface area contributed by atoms with Crippen LogP contribution in [0.5, 0.6) is 28.7 Å².